The van der Waals surface area contributed by atoms with Crippen LogP contribution in [-0.4, -0.2) is 42.8 Å². The molecule has 0 amide bonds. The van der Waals surface area contributed by atoms with Crippen LogP contribution in [0, 0.1) is 22.7 Å². The number of rotatable bonds is 2. The largest absolute Gasteiger partial charge is 0.472 e. The Kier molecular flexibility index (Phi) is 3.15. The first-order valence-corrected chi connectivity index (χ1v) is 10.1. The van der Waals surface area contributed by atoms with Gasteiger partial charge in [-0.25, -0.2) is 4.79 Å². The predicted molar refractivity (Wildman–Crippen MR) is 93.0 cm³/mol. The van der Waals surface area contributed by atoms with Gasteiger partial charge in [0, 0.05) is 17.4 Å². The minimum Gasteiger partial charge on any atom is -0.472 e. The quantitative estimate of drug-likeness (QED) is 0.546. The first-order chi connectivity index (χ1) is 13.9. The van der Waals surface area contributed by atoms with E-state index in [0.717, 1.165) is 5.56 Å². The molecule has 4 saturated heterocycles. The number of hydrogen-bond donors (Lipinski definition) is 0. The molecular weight excluding hydrogens is 380 g/mol. The van der Waals surface area contributed by atoms with Crippen LogP contribution in [0.25, 0.3) is 0 Å². The molecule has 4 aliphatic heterocycles. The third-order valence-corrected chi connectivity index (χ3v) is 8.41. The van der Waals surface area contributed by atoms with E-state index >= 15 is 0 Å². The fourth-order valence-electron chi connectivity index (χ4n) is 7.17. The summed E-state index contributed by atoms with van der Waals surface area (Å²) in [6, 6.07) is 1.83. The lowest BCUT2D eigenvalue weighted by Crippen LogP contribution is -2.72. The maximum absolute atomic E-state index is 13.3. The molecule has 8 nitrogen and oxygen atoms in total. The molecule has 0 aromatic carbocycles. The number of esters is 3. The topological polar surface area (TPSA) is 101 Å². The third-order valence-electron chi connectivity index (χ3n) is 8.41. The van der Waals surface area contributed by atoms with Crippen LogP contribution in [0.3, 0.4) is 0 Å². The van der Waals surface area contributed by atoms with Crippen molar-refractivity contribution in [3.63, 3.8) is 0 Å². The SMILES string of the molecule is COC(=O)[C@H]1CC2C[C@@H]3C1(C(=O)O2)[C@@H]1C[C@@]2(O[C@@H](c4ccoc4)C[C@@]32C)C(=O)O1. The zero-order valence-electron chi connectivity index (χ0n) is 16.2. The van der Waals surface area contributed by atoms with Crippen molar-refractivity contribution in [3.8, 4) is 0 Å². The van der Waals surface area contributed by atoms with Gasteiger partial charge in [-0.3, -0.25) is 9.59 Å². The highest BCUT2D eigenvalue weighted by molar-refractivity contribution is 5.93. The summed E-state index contributed by atoms with van der Waals surface area (Å²) in [5.74, 6) is -2.29. The van der Waals surface area contributed by atoms with Crippen molar-refractivity contribution in [2.24, 2.45) is 22.7 Å². The molecule has 6 fully saturated rings. The Labute approximate surface area is 166 Å². The van der Waals surface area contributed by atoms with Crippen molar-refractivity contribution in [1.82, 2.24) is 0 Å². The van der Waals surface area contributed by atoms with Gasteiger partial charge in [0.1, 0.15) is 17.6 Å². The molecule has 4 bridgehead atoms. The number of carbonyl (C=O) groups is 3. The molecule has 154 valence electrons. The lowest BCUT2D eigenvalue weighted by Gasteiger charge is -2.62. The van der Waals surface area contributed by atoms with Gasteiger partial charge in [-0.15, -0.1) is 0 Å². The van der Waals surface area contributed by atoms with E-state index in [4.69, 9.17) is 23.4 Å². The van der Waals surface area contributed by atoms with Gasteiger partial charge in [0.2, 0.25) is 0 Å². The molecule has 0 N–H and O–H groups in total. The molecule has 2 spiro atoms. The predicted octanol–water partition coefficient (Wildman–Crippen LogP) is 1.93. The summed E-state index contributed by atoms with van der Waals surface area (Å²) in [5, 5.41) is 0. The van der Waals surface area contributed by atoms with Crippen LogP contribution in [0.4, 0.5) is 0 Å². The van der Waals surface area contributed by atoms with E-state index in [0.29, 0.717) is 19.3 Å². The van der Waals surface area contributed by atoms with Crippen LogP contribution < -0.4 is 0 Å². The first kappa shape index (κ1) is 17.5. The summed E-state index contributed by atoms with van der Waals surface area (Å²) in [4.78, 5) is 39.2. The van der Waals surface area contributed by atoms with Gasteiger partial charge in [-0.1, -0.05) is 6.92 Å². The Morgan fingerprint density at radius 2 is 2.00 bits per heavy atom. The summed E-state index contributed by atoms with van der Waals surface area (Å²) in [7, 11) is 1.32. The minimum absolute atomic E-state index is 0.237. The maximum Gasteiger partial charge on any atom is 0.339 e. The smallest absolute Gasteiger partial charge is 0.339 e. The minimum atomic E-state index is -1.22. The second-order valence-corrected chi connectivity index (χ2v) is 9.27. The fraction of sp³-hybridized carbons (Fsp3) is 0.667. The lowest BCUT2D eigenvalue weighted by atomic mass is 9.41. The summed E-state index contributed by atoms with van der Waals surface area (Å²) >= 11 is 0. The second-order valence-electron chi connectivity index (χ2n) is 9.27. The van der Waals surface area contributed by atoms with Crippen LogP contribution in [0.15, 0.2) is 23.0 Å². The fourth-order valence-corrected chi connectivity index (χ4v) is 7.17. The van der Waals surface area contributed by atoms with Crippen molar-refractivity contribution in [1.29, 1.82) is 0 Å². The van der Waals surface area contributed by atoms with E-state index in [-0.39, 0.29) is 24.5 Å². The Bertz CT molecular complexity index is 923. The Morgan fingerprint density at radius 1 is 1.17 bits per heavy atom. The second kappa shape index (κ2) is 5.22. The molecule has 6 aliphatic rings. The van der Waals surface area contributed by atoms with Crippen LogP contribution >= 0.6 is 0 Å². The van der Waals surface area contributed by atoms with E-state index in [1.54, 1.807) is 12.5 Å². The van der Waals surface area contributed by atoms with Crippen LogP contribution in [0.5, 0.6) is 0 Å². The van der Waals surface area contributed by atoms with Gasteiger partial charge in [-0.2, -0.15) is 0 Å². The number of carbonyl (C=O) groups excluding carboxylic acids is 3. The highest BCUT2D eigenvalue weighted by Crippen LogP contribution is 2.74. The molecule has 1 aromatic heterocycles. The van der Waals surface area contributed by atoms with Gasteiger partial charge < -0.3 is 23.4 Å². The van der Waals surface area contributed by atoms with Crippen LogP contribution in [0.1, 0.15) is 44.3 Å². The number of hydrogen-bond acceptors (Lipinski definition) is 8. The van der Waals surface area contributed by atoms with E-state index < -0.39 is 46.4 Å². The molecule has 2 aliphatic carbocycles. The van der Waals surface area contributed by atoms with Crippen molar-refractivity contribution >= 4 is 17.9 Å². The summed E-state index contributed by atoms with van der Waals surface area (Å²) in [6.45, 7) is 2.00. The Hall–Kier alpha value is -2.35. The van der Waals surface area contributed by atoms with Gasteiger partial charge in [0.05, 0.1) is 31.7 Å². The number of ether oxygens (including phenoxy) is 4. The summed E-state index contributed by atoms with van der Waals surface area (Å²) < 4.78 is 28.2. The van der Waals surface area contributed by atoms with E-state index in [9.17, 15) is 14.4 Å². The standard InChI is InChI=1S/C21H22O8/c1-19-7-13(10-3-4-26-9-10)29-20(19)8-15(28-17(20)23)21-12(16(22)25-2)5-11(6-14(19)21)27-18(21)24/h3-4,9,11-15H,5-8H2,1-2H3/t11?,12-,13-,14+,15+,19+,20-,21?/m1/s1. The Balaban J connectivity index is 1.54. The van der Waals surface area contributed by atoms with Crippen molar-refractivity contribution in [2.75, 3.05) is 7.11 Å². The molecule has 8 atom stereocenters. The molecule has 2 saturated carbocycles. The zero-order chi connectivity index (χ0) is 20.2. The summed E-state index contributed by atoms with van der Waals surface area (Å²) in [6.07, 6.45) is 3.49. The number of methoxy groups -OCH3 is 1. The number of fused-ring (bicyclic) bond motifs is 3. The average Bonchev–Trinajstić information content (AvgIpc) is 3.40. The van der Waals surface area contributed by atoms with E-state index in [1.165, 1.54) is 7.11 Å². The lowest BCUT2D eigenvalue weighted by molar-refractivity contribution is -0.252. The highest BCUT2D eigenvalue weighted by Gasteiger charge is 2.84. The van der Waals surface area contributed by atoms with Gasteiger partial charge in [0.25, 0.3) is 0 Å². The zero-order valence-corrected chi connectivity index (χ0v) is 16.2. The van der Waals surface area contributed by atoms with Gasteiger partial charge in [0.15, 0.2) is 5.60 Å². The molecule has 5 heterocycles. The number of furan rings is 1. The summed E-state index contributed by atoms with van der Waals surface area (Å²) in [5.41, 5.74) is -2.17. The molecule has 1 aromatic rings. The van der Waals surface area contributed by atoms with Crippen LogP contribution in [-0.2, 0) is 33.3 Å². The van der Waals surface area contributed by atoms with Gasteiger partial charge >= 0.3 is 17.9 Å². The van der Waals surface area contributed by atoms with E-state index in [1.807, 2.05) is 13.0 Å². The monoisotopic (exact) mass is 402 g/mol. The third kappa shape index (κ3) is 1.75. The normalized spacial score (nSPS) is 49.2. The maximum atomic E-state index is 13.3. The first-order valence-electron chi connectivity index (χ1n) is 10.1. The highest BCUT2D eigenvalue weighted by atomic mass is 16.6. The van der Waals surface area contributed by atoms with E-state index in [2.05, 4.69) is 0 Å². The average molecular weight is 402 g/mol. The van der Waals surface area contributed by atoms with Gasteiger partial charge in [-0.05, 0) is 31.2 Å². The molecule has 8 heteroatoms. The molecule has 7 rings (SSSR count). The van der Waals surface area contributed by atoms with Crippen molar-refractivity contribution in [3.05, 3.63) is 24.2 Å². The Morgan fingerprint density at radius 3 is 2.72 bits per heavy atom. The molecule has 29 heavy (non-hydrogen) atoms. The van der Waals surface area contributed by atoms with Crippen molar-refractivity contribution in [2.45, 2.75) is 56.5 Å². The van der Waals surface area contributed by atoms with Crippen molar-refractivity contribution < 1.29 is 37.7 Å². The molecule has 0 radical (unpaired) electrons. The van der Waals surface area contributed by atoms with Crippen LogP contribution in [0.2, 0.25) is 0 Å². The molecule has 2 unspecified atom stereocenters. The molecular formula is C21H22O8.